The number of hydrogen-bond donors (Lipinski definition) is 2. The predicted molar refractivity (Wildman–Crippen MR) is 148 cm³/mol. The molecule has 3 heterocycles. The van der Waals surface area contributed by atoms with E-state index in [0.717, 1.165) is 4.57 Å². The number of aliphatic hydroxyl groups excluding tert-OH is 1. The number of rotatable bonds is 11. The second-order valence-corrected chi connectivity index (χ2v) is 10.3. The Bertz CT molecular complexity index is 1560. The average Bonchev–Trinajstić information content (AvgIpc) is 3.28. The van der Waals surface area contributed by atoms with E-state index < -0.39 is 67.1 Å². The highest BCUT2D eigenvalue weighted by atomic mass is 19.3. The van der Waals surface area contributed by atoms with Crippen molar-refractivity contribution in [3.05, 3.63) is 63.7 Å². The van der Waals surface area contributed by atoms with E-state index in [9.17, 15) is 36.7 Å². The third-order valence-corrected chi connectivity index (χ3v) is 7.53. The molecule has 10 nitrogen and oxygen atoms in total. The minimum atomic E-state index is -4.58. The zero-order valence-corrected chi connectivity index (χ0v) is 23.6. The number of aryl methyl sites for hydroxylation is 2. The lowest BCUT2D eigenvalue weighted by Crippen LogP contribution is -2.47. The maximum absolute atomic E-state index is 14.0. The van der Waals surface area contributed by atoms with Crippen LogP contribution in [-0.2, 0) is 24.8 Å². The van der Waals surface area contributed by atoms with Gasteiger partial charge in [-0.25, -0.2) is 8.78 Å². The number of Topliss-reactive ketones (excluding diaryl/α,β-unsaturated/α-hetero) is 1. The minimum Gasteiger partial charge on any atom is -0.484 e. The summed E-state index contributed by atoms with van der Waals surface area (Å²) < 4.78 is 61.6. The summed E-state index contributed by atoms with van der Waals surface area (Å²) in [6.07, 6.45) is -3.10. The lowest BCUT2D eigenvalue weighted by molar-refractivity contribution is -0.148. The Balaban J connectivity index is 1.77. The number of nitrogens with one attached hydrogen (secondary N) is 1. The summed E-state index contributed by atoms with van der Waals surface area (Å²) in [4.78, 5) is 53.6. The number of ketones is 1. The van der Waals surface area contributed by atoms with E-state index >= 15 is 0 Å². The predicted octanol–water partition coefficient (Wildman–Crippen LogP) is 2.78. The molecule has 0 atom stereocenters. The molecular formula is C29H32F4N4O6. The van der Waals surface area contributed by atoms with E-state index in [2.05, 4.69) is 5.32 Å². The molecule has 0 saturated carbocycles. The molecule has 1 aliphatic heterocycles. The van der Waals surface area contributed by atoms with Gasteiger partial charge in [0.05, 0.1) is 12.1 Å². The number of halogens is 4. The van der Waals surface area contributed by atoms with Crippen LogP contribution in [0.3, 0.4) is 0 Å². The van der Waals surface area contributed by atoms with Crippen LogP contribution in [0.25, 0.3) is 10.9 Å². The van der Waals surface area contributed by atoms with Crippen LogP contribution in [0.1, 0.15) is 46.3 Å². The third kappa shape index (κ3) is 6.58. The number of likely N-dealkylation sites (tertiary alicyclic amines) is 1. The number of ether oxygens (including phenoxy) is 1. The summed E-state index contributed by atoms with van der Waals surface area (Å²) in [7, 11) is 1.41. The van der Waals surface area contributed by atoms with Gasteiger partial charge in [-0.05, 0) is 25.3 Å². The molecule has 0 radical (unpaired) electrons. The standard InChI is InChI=1S/C29H32F4N4O6/c1-3-19-13-20-23(27(42)37(19)14-21(39)17-7-5-4-6-8-17)25(43-16-29(32,33)28(30)31)24(35(20)2)26(41)34-18-9-11-36(12-10-18)22(40)15-38/h4-8,13,18,28,38H,3,9-12,14-16H2,1-2H3,(H,34,41). The van der Waals surface area contributed by atoms with Crippen LogP contribution in [0.5, 0.6) is 5.75 Å². The summed E-state index contributed by atoms with van der Waals surface area (Å²) in [5.41, 5.74) is -0.252. The molecule has 0 bridgehead atoms. The number of carbonyl (C=O) groups excluding carboxylic acids is 3. The first kappa shape index (κ1) is 31.7. The number of amides is 2. The first-order valence-electron chi connectivity index (χ1n) is 13.7. The van der Waals surface area contributed by atoms with Gasteiger partial charge in [-0.1, -0.05) is 37.3 Å². The molecule has 0 spiro atoms. The Hall–Kier alpha value is -4.20. The summed E-state index contributed by atoms with van der Waals surface area (Å²) in [6.45, 7) is -0.590. The van der Waals surface area contributed by atoms with E-state index in [-0.39, 0.29) is 29.7 Å². The monoisotopic (exact) mass is 608 g/mol. The Labute approximate surface area is 243 Å². The summed E-state index contributed by atoms with van der Waals surface area (Å²) >= 11 is 0. The first-order chi connectivity index (χ1) is 20.4. The van der Waals surface area contributed by atoms with Gasteiger partial charge in [-0.2, -0.15) is 8.78 Å². The summed E-state index contributed by atoms with van der Waals surface area (Å²) in [5, 5.41) is 11.5. The molecule has 2 aromatic heterocycles. The zero-order chi connectivity index (χ0) is 31.5. The number of aliphatic hydroxyl groups is 1. The van der Waals surface area contributed by atoms with Gasteiger partial charge < -0.3 is 29.2 Å². The van der Waals surface area contributed by atoms with E-state index in [0.29, 0.717) is 30.5 Å². The van der Waals surface area contributed by atoms with E-state index in [4.69, 9.17) is 9.84 Å². The largest absolute Gasteiger partial charge is 0.484 e. The molecule has 1 aromatic carbocycles. The van der Waals surface area contributed by atoms with Gasteiger partial charge in [0.1, 0.15) is 12.0 Å². The average molecular weight is 609 g/mol. The molecular weight excluding hydrogens is 576 g/mol. The summed E-state index contributed by atoms with van der Waals surface area (Å²) in [6, 6.07) is 9.27. The maximum Gasteiger partial charge on any atom is 0.340 e. The normalized spacial score (nSPS) is 14.4. The fraction of sp³-hybridized carbons (Fsp3) is 0.448. The number of carbonyl (C=O) groups is 3. The Morgan fingerprint density at radius 1 is 1.14 bits per heavy atom. The Morgan fingerprint density at radius 3 is 2.37 bits per heavy atom. The van der Waals surface area contributed by atoms with Crippen LogP contribution in [-0.4, -0.2) is 81.4 Å². The number of piperidine rings is 1. The van der Waals surface area contributed by atoms with Gasteiger partial charge in [-0.3, -0.25) is 19.2 Å². The molecule has 1 aliphatic rings. The third-order valence-electron chi connectivity index (χ3n) is 7.53. The van der Waals surface area contributed by atoms with Crippen LogP contribution in [0, 0.1) is 0 Å². The lowest BCUT2D eigenvalue weighted by Gasteiger charge is -2.32. The topological polar surface area (TPSA) is 123 Å². The number of alkyl halides is 4. The molecule has 232 valence electrons. The highest BCUT2D eigenvalue weighted by molar-refractivity contribution is 6.04. The van der Waals surface area contributed by atoms with E-state index in [1.807, 2.05) is 0 Å². The quantitative estimate of drug-likeness (QED) is 0.255. The number of aromatic nitrogens is 2. The van der Waals surface area contributed by atoms with Crippen molar-refractivity contribution in [1.82, 2.24) is 19.4 Å². The van der Waals surface area contributed by atoms with Crippen molar-refractivity contribution in [3.8, 4) is 5.75 Å². The van der Waals surface area contributed by atoms with Gasteiger partial charge in [0, 0.05) is 37.4 Å². The van der Waals surface area contributed by atoms with Gasteiger partial charge in [-0.15, -0.1) is 0 Å². The zero-order valence-electron chi connectivity index (χ0n) is 23.6. The highest BCUT2D eigenvalue weighted by Crippen LogP contribution is 2.34. The van der Waals surface area contributed by atoms with Crippen LogP contribution >= 0.6 is 0 Å². The second kappa shape index (κ2) is 13.0. The molecule has 43 heavy (non-hydrogen) atoms. The van der Waals surface area contributed by atoms with Crippen LogP contribution in [0.2, 0.25) is 0 Å². The molecule has 3 aromatic rings. The lowest BCUT2D eigenvalue weighted by atomic mass is 10.0. The van der Waals surface area contributed by atoms with Crippen LogP contribution < -0.4 is 15.6 Å². The maximum atomic E-state index is 14.0. The SMILES string of the molecule is CCc1cc2c(c(OCC(F)(F)C(F)F)c(C(=O)NC3CCN(C(=O)CO)CC3)n2C)c(=O)n1CC(=O)c1ccccc1. The van der Waals surface area contributed by atoms with Crippen LogP contribution in [0.4, 0.5) is 17.6 Å². The fourth-order valence-electron chi connectivity index (χ4n) is 5.13. The van der Waals surface area contributed by atoms with E-state index in [1.54, 1.807) is 37.3 Å². The first-order valence-corrected chi connectivity index (χ1v) is 13.7. The highest BCUT2D eigenvalue weighted by Gasteiger charge is 2.43. The molecule has 0 unspecified atom stereocenters. The Kier molecular flexibility index (Phi) is 9.58. The van der Waals surface area contributed by atoms with Crippen LogP contribution in [0.15, 0.2) is 41.2 Å². The summed E-state index contributed by atoms with van der Waals surface area (Å²) in [5.74, 6) is -6.83. The minimum absolute atomic E-state index is 0.133. The molecule has 2 N–H and O–H groups in total. The molecule has 4 rings (SSSR count). The van der Waals surface area contributed by atoms with Gasteiger partial charge in [0.2, 0.25) is 5.91 Å². The van der Waals surface area contributed by atoms with Gasteiger partial charge in [0.25, 0.3) is 11.5 Å². The fourth-order valence-corrected chi connectivity index (χ4v) is 5.13. The van der Waals surface area contributed by atoms with Crippen molar-refractivity contribution in [1.29, 1.82) is 0 Å². The molecule has 1 saturated heterocycles. The molecule has 1 fully saturated rings. The number of nitrogens with zero attached hydrogens (tertiary/aromatic N) is 3. The Morgan fingerprint density at radius 2 is 1.79 bits per heavy atom. The van der Waals surface area contributed by atoms with Gasteiger partial charge in [0.15, 0.2) is 23.8 Å². The van der Waals surface area contributed by atoms with Crippen molar-refractivity contribution >= 4 is 28.5 Å². The molecule has 2 amide bonds. The van der Waals surface area contributed by atoms with Crippen molar-refractivity contribution < 1.29 is 41.8 Å². The molecule has 14 heteroatoms. The molecule has 0 aliphatic carbocycles. The number of benzene rings is 1. The van der Waals surface area contributed by atoms with E-state index in [1.165, 1.54) is 22.6 Å². The number of hydrogen-bond acceptors (Lipinski definition) is 6. The van der Waals surface area contributed by atoms with Crippen molar-refractivity contribution in [2.75, 3.05) is 26.3 Å². The van der Waals surface area contributed by atoms with Crippen molar-refractivity contribution in [2.24, 2.45) is 7.05 Å². The number of pyridine rings is 1. The smallest absolute Gasteiger partial charge is 0.340 e. The van der Waals surface area contributed by atoms with Gasteiger partial charge >= 0.3 is 12.3 Å². The van der Waals surface area contributed by atoms with Crippen molar-refractivity contribution in [2.45, 2.75) is 51.1 Å². The second-order valence-electron chi connectivity index (χ2n) is 10.3. The van der Waals surface area contributed by atoms with Crippen molar-refractivity contribution in [3.63, 3.8) is 0 Å². The number of fused-ring (bicyclic) bond motifs is 1.